The van der Waals surface area contributed by atoms with Gasteiger partial charge in [-0.3, -0.25) is 0 Å². The van der Waals surface area contributed by atoms with Crippen LogP contribution in [0.4, 0.5) is 16.2 Å². The van der Waals surface area contributed by atoms with Crippen molar-refractivity contribution in [2.75, 3.05) is 17.2 Å². The molecule has 1 aromatic carbocycles. The number of anilines is 2. The Morgan fingerprint density at radius 1 is 1.29 bits per heavy atom. The van der Waals surface area contributed by atoms with Gasteiger partial charge in [-0.15, -0.1) is 0 Å². The molecule has 1 unspecified atom stereocenters. The Hall–Kier alpha value is -3.08. The molecule has 4 rings (SSSR count). The van der Waals surface area contributed by atoms with E-state index in [1.807, 2.05) is 20.8 Å². The van der Waals surface area contributed by atoms with Crippen LogP contribution in [0.25, 0.3) is 16.0 Å². The number of fused-ring (bicyclic) bond motifs is 1. The zero-order valence-electron chi connectivity index (χ0n) is 17.1. The third-order valence-corrected chi connectivity index (χ3v) is 5.67. The second-order valence-corrected chi connectivity index (χ2v) is 8.22. The molecule has 0 aliphatic rings. The number of aryl methyl sites for hydroxylation is 1. The largest absolute Gasteiger partial charge is 0.374 e. The fraction of sp³-hybridized carbons (Fsp3) is 0.250. The van der Waals surface area contributed by atoms with E-state index in [1.165, 1.54) is 16.1 Å². The van der Waals surface area contributed by atoms with Gasteiger partial charge in [-0.05, 0) is 39.0 Å². The number of amides is 2. The van der Waals surface area contributed by atoms with Crippen LogP contribution in [-0.2, 0) is 4.74 Å². The molecule has 1 atom stereocenters. The Labute approximate surface area is 187 Å². The van der Waals surface area contributed by atoms with Gasteiger partial charge in [0.25, 0.3) is 0 Å². The maximum absolute atomic E-state index is 12.7. The zero-order chi connectivity index (χ0) is 22.0. The molecule has 160 valence electrons. The van der Waals surface area contributed by atoms with Crippen LogP contribution < -0.4 is 10.6 Å². The normalized spacial score (nSPS) is 12.1. The average Bonchev–Trinajstić information content (AvgIpc) is 3.37. The first kappa shape index (κ1) is 21.2. The van der Waals surface area contributed by atoms with Crippen molar-refractivity contribution in [2.24, 2.45) is 0 Å². The number of hydrogen-bond acceptors (Lipinski definition) is 7. The van der Waals surface area contributed by atoms with Gasteiger partial charge in [0.05, 0.1) is 40.4 Å². The van der Waals surface area contributed by atoms with E-state index in [0.717, 1.165) is 20.9 Å². The monoisotopic (exact) mass is 457 g/mol. The lowest BCUT2D eigenvalue weighted by Gasteiger charge is -2.17. The highest BCUT2D eigenvalue weighted by Gasteiger charge is 2.20. The molecule has 0 spiro atoms. The minimum absolute atomic E-state index is 0.261. The molecule has 0 aliphatic carbocycles. The number of halogens is 1. The van der Waals surface area contributed by atoms with Gasteiger partial charge in [0.15, 0.2) is 0 Å². The maximum Gasteiger partial charge on any atom is 0.323 e. The molecule has 4 aromatic rings. The molecular weight excluding hydrogens is 438 g/mol. The lowest BCUT2D eigenvalue weighted by atomic mass is 10.1. The van der Waals surface area contributed by atoms with Crippen molar-refractivity contribution < 1.29 is 9.53 Å². The summed E-state index contributed by atoms with van der Waals surface area (Å²) in [5, 5.41) is 15.1. The fourth-order valence-corrected chi connectivity index (χ4v) is 4.25. The predicted molar refractivity (Wildman–Crippen MR) is 121 cm³/mol. The summed E-state index contributed by atoms with van der Waals surface area (Å²) in [7, 11) is 0. The van der Waals surface area contributed by atoms with Crippen LogP contribution in [0, 0.1) is 6.92 Å². The lowest BCUT2D eigenvalue weighted by Crippen LogP contribution is -2.21. The topological polar surface area (TPSA) is 107 Å². The molecule has 9 nitrogen and oxygen atoms in total. The molecule has 0 radical (unpaired) electrons. The summed E-state index contributed by atoms with van der Waals surface area (Å²) < 4.78 is 5.78. The van der Waals surface area contributed by atoms with Crippen LogP contribution in [0.1, 0.15) is 30.5 Å². The molecule has 3 aromatic heterocycles. The predicted octanol–water partition coefficient (Wildman–Crippen LogP) is 4.98. The third kappa shape index (κ3) is 4.50. The van der Waals surface area contributed by atoms with E-state index in [0.29, 0.717) is 28.7 Å². The fourth-order valence-electron chi connectivity index (χ4n) is 3.22. The SMILES string of the molecule is CCOC(C)c1c(NC(=O)Nc2ccc(-n3nccn3)c(Cl)c2)cnc2sc(C)nc12. The molecule has 11 heteroatoms. The highest BCUT2D eigenvalue weighted by Crippen LogP contribution is 2.34. The molecule has 0 saturated heterocycles. The molecular formula is C20H20ClN7O2S. The van der Waals surface area contributed by atoms with E-state index in [4.69, 9.17) is 16.3 Å². The van der Waals surface area contributed by atoms with Gasteiger partial charge in [-0.25, -0.2) is 14.8 Å². The maximum atomic E-state index is 12.7. The van der Waals surface area contributed by atoms with Crippen LogP contribution >= 0.6 is 22.9 Å². The second-order valence-electron chi connectivity index (χ2n) is 6.63. The van der Waals surface area contributed by atoms with Gasteiger partial charge in [0.1, 0.15) is 16.0 Å². The first-order valence-corrected chi connectivity index (χ1v) is 10.8. The molecule has 2 amide bonds. The van der Waals surface area contributed by atoms with Crippen molar-refractivity contribution in [1.29, 1.82) is 0 Å². The number of rotatable bonds is 6. The van der Waals surface area contributed by atoms with E-state index in [9.17, 15) is 4.79 Å². The Balaban J connectivity index is 1.57. The van der Waals surface area contributed by atoms with Crippen molar-refractivity contribution >= 4 is 50.7 Å². The summed E-state index contributed by atoms with van der Waals surface area (Å²) in [6.07, 6.45) is 4.49. The van der Waals surface area contributed by atoms with E-state index in [2.05, 4.69) is 30.8 Å². The van der Waals surface area contributed by atoms with Crippen molar-refractivity contribution in [3.05, 3.63) is 52.4 Å². The number of nitrogens with one attached hydrogen (secondary N) is 2. The average molecular weight is 458 g/mol. The standard InChI is InChI=1S/C20H20ClN7O2S/c1-4-30-11(2)17-15(10-22-19-18(17)25-12(3)31-19)27-20(29)26-13-5-6-16(14(21)9-13)28-23-7-8-24-28/h5-11H,4H2,1-3H3,(H2,26,27,29). The molecule has 31 heavy (non-hydrogen) atoms. The summed E-state index contributed by atoms with van der Waals surface area (Å²) in [5.41, 5.74) is 3.21. The highest BCUT2D eigenvalue weighted by atomic mass is 35.5. The first-order chi connectivity index (χ1) is 15.0. The molecule has 3 heterocycles. The van der Waals surface area contributed by atoms with Crippen LogP contribution in [0.15, 0.2) is 36.8 Å². The van der Waals surface area contributed by atoms with E-state index >= 15 is 0 Å². The zero-order valence-corrected chi connectivity index (χ0v) is 18.7. The van der Waals surface area contributed by atoms with Gasteiger partial charge in [0.2, 0.25) is 0 Å². The number of ether oxygens (including phenoxy) is 1. The number of hydrogen-bond donors (Lipinski definition) is 2. The van der Waals surface area contributed by atoms with Gasteiger partial charge in [-0.1, -0.05) is 22.9 Å². The second kappa shape index (κ2) is 8.96. The highest BCUT2D eigenvalue weighted by molar-refractivity contribution is 7.18. The van der Waals surface area contributed by atoms with E-state index in [-0.39, 0.29) is 6.10 Å². The summed E-state index contributed by atoms with van der Waals surface area (Å²) >= 11 is 7.83. The number of thiazole rings is 1. The summed E-state index contributed by atoms with van der Waals surface area (Å²) in [6.45, 7) is 6.31. The molecule has 0 fully saturated rings. The van der Waals surface area contributed by atoms with Crippen LogP contribution in [0.3, 0.4) is 0 Å². The Morgan fingerprint density at radius 3 is 2.77 bits per heavy atom. The van der Waals surface area contributed by atoms with Crippen LogP contribution in [-0.4, -0.2) is 37.6 Å². The smallest absolute Gasteiger partial charge is 0.323 e. The van der Waals surface area contributed by atoms with E-state index in [1.54, 1.807) is 36.8 Å². The molecule has 0 aliphatic heterocycles. The Kier molecular flexibility index (Phi) is 6.12. The van der Waals surface area contributed by atoms with Gasteiger partial charge in [-0.2, -0.15) is 15.0 Å². The summed E-state index contributed by atoms with van der Waals surface area (Å²) in [6, 6.07) is 4.65. The quantitative estimate of drug-likeness (QED) is 0.423. The number of nitrogens with zero attached hydrogens (tertiary/aromatic N) is 5. The van der Waals surface area contributed by atoms with Gasteiger partial charge >= 0.3 is 6.03 Å². The number of aromatic nitrogens is 5. The van der Waals surface area contributed by atoms with Crippen LogP contribution in [0.5, 0.6) is 0 Å². The lowest BCUT2D eigenvalue weighted by molar-refractivity contribution is 0.0777. The summed E-state index contributed by atoms with van der Waals surface area (Å²) in [5.74, 6) is 0. The van der Waals surface area contributed by atoms with Crippen molar-refractivity contribution in [2.45, 2.75) is 26.9 Å². The first-order valence-electron chi connectivity index (χ1n) is 9.58. The minimum atomic E-state index is -0.431. The minimum Gasteiger partial charge on any atom is -0.374 e. The van der Waals surface area contributed by atoms with Gasteiger partial charge in [0, 0.05) is 17.9 Å². The van der Waals surface area contributed by atoms with Crippen molar-refractivity contribution in [1.82, 2.24) is 25.0 Å². The Bertz CT molecular complexity index is 1230. The summed E-state index contributed by atoms with van der Waals surface area (Å²) in [4.78, 5) is 23.9. The molecule has 2 N–H and O–H groups in total. The number of urea groups is 1. The number of pyridine rings is 1. The number of benzene rings is 1. The number of carbonyl (C=O) groups excluding carboxylic acids is 1. The number of carbonyl (C=O) groups is 1. The molecule has 0 bridgehead atoms. The van der Waals surface area contributed by atoms with Crippen molar-refractivity contribution in [3.8, 4) is 5.69 Å². The third-order valence-electron chi connectivity index (χ3n) is 4.48. The van der Waals surface area contributed by atoms with E-state index < -0.39 is 6.03 Å². The van der Waals surface area contributed by atoms with Crippen molar-refractivity contribution in [3.63, 3.8) is 0 Å². The van der Waals surface area contributed by atoms with Gasteiger partial charge < -0.3 is 15.4 Å². The Morgan fingerprint density at radius 2 is 2.06 bits per heavy atom. The molecule has 0 saturated carbocycles. The van der Waals surface area contributed by atoms with Crippen LogP contribution in [0.2, 0.25) is 5.02 Å².